The molecule has 0 aromatic carbocycles. The van der Waals surface area contributed by atoms with Crippen LogP contribution >= 0.6 is 0 Å². The first-order valence-corrected chi connectivity index (χ1v) is 8.76. The fourth-order valence-corrected chi connectivity index (χ4v) is 3.41. The topological polar surface area (TPSA) is 36.3 Å². The Hall–Kier alpha value is -0.965. The van der Waals surface area contributed by atoms with E-state index in [4.69, 9.17) is 4.65 Å². The highest BCUT2D eigenvalue weighted by Gasteiger charge is 2.40. The predicted molar refractivity (Wildman–Crippen MR) is 93.1 cm³/mol. The summed E-state index contributed by atoms with van der Waals surface area (Å²) in [7, 11) is -0.485. The van der Waals surface area contributed by atoms with Gasteiger partial charge < -0.3 is 4.65 Å². The minimum atomic E-state index is -0.485. The summed E-state index contributed by atoms with van der Waals surface area (Å²) in [6.45, 7) is 10.6. The lowest BCUT2D eigenvalue weighted by Gasteiger charge is -2.41. The normalized spacial score (nSPS) is 17.2. The Morgan fingerprint density at radius 1 is 1.09 bits per heavy atom. The van der Waals surface area contributed by atoms with Crippen molar-refractivity contribution in [3.05, 3.63) is 0 Å². The lowest BCUT2D eigenvalue weighted by molar-refractivity contribution is 0.0183. The van der Waals surface area contributed by atoms with Crippen molar-refractivity contribution in [2.75, 3.05) is 0 Å². The molecule has 22 heavy (non-hydrogen) atoms. The lowest BCUT2D eigenvalue weighted by Crippen LogP contribution is -2.54. The van der Waals surface area contributed by atoms with Crippen molar-refractivity contribution in [2.45, 2.75) is 97.2 Å². The Morgan fingerprint density at radius 3 is 2.14 bits per heavy atom. The third-order valence-corrected chi connectivity index (χ3v) is 4.41. The number of hydrogen-bond donors (Lipinski definition) is 0. The van der Waals surface area contributed by atoms with Gasteiger partial charge in [-0.15, -0.1) is 11.8 Å². The first-order valence-electron chi connectivity index (χ1n) is 8.76. The molecule has 3 nitrogen and oxygen atoms in total. The molecule has 0 bridgehead atoms. The van der Waals surface area contributed by atoms with Gasteiger partial charge in [-0.2, -0.15) is 0 Å². The summed E-state index contributed by atoms with van der Waals surface area (Å²) in [5, 5.41) is 9.66. The molecular weight excluding hydrogens is 271 g/mol. The molecule has 1 aliphatic rings. The molecule has 0 spiro atoms. The van der Waals surface area contributed by atoms with Crippen LogP contribution in [0.4, 0.5) is 0 Å². The largest absolute Gasteiger partial charge is 0.504 e. The molecule has 122 valence electrons. The fraction of sp³-hybridized carbons (Fsp3) is 0.833. The van der Waals surface area contributed by atoms with Crippen LogP contribution < -0.4 is 0 Å². The zero-order valence-electron chi connectivity index (χ0n) is 15.0. The highest BCUT2D eigenvalue weighted by atomic mass is 16.5. The molecule has 1 aliphatic carbocycles. The Morgan fingerprint density at radius 2 is 1.68 bits per heavy atom. The molecule has 0 saturated heterocycles. The summed E-state index contributed by atoms with van der Waals surface area (Å²) in [6, 6.07) is 0.569. The molecule has 1 fully saturated rings. The maximum absolute atomic E-state index is 9.66. The highest BCUT2D eigenvalue weighted by molar-refractivity contribution is 6.57. The minimum Gasteiger partial charge on any atom is -0.403 e. The SMILES string of the molecule is CCC#CCC1(OB(C#N)N(C(C)C)C(C)C)CCCCC1. The quantitative estimate of drug-likeness (QED) is 0.545. The van der Waals surface area contributed by atoms with Gasteiger partial charge in [0.1, 0.15) is 0 Å². The van der Waals surface area contributed by atoms with E-state index < -0.39 is 7.05 Å². The molecular formula is C18H31BN2O. The second-order valence-electron chi connectivity index (χ2n) is 6.86. The molecule has 0 unspecified atom stereocenters. The van der Waals surface area contributed by atoms with Crippen molar-refractivity contribution in [3.63, 3.8) is 0 Å². The number of nitrogens with zero attached hydrogens (tertiary/aromatic N) is 2. The fourth-order valence-electron chi connectivity index (χ4n) is 3.41. The third kappa shape index (κ3) is 5.34. The van der Waals surface area contributed by atoms with E-state index in [1.807, 2.05) is 0 Å². The van der Waals surface area contributed by atoms with Crippen molar-refractivity contribution in [1.29, 1.82) is 5.26 Å². The summed E-state index contributed by atoms with van der Waals surface area (Å²) in [5.74, 6) is 8.81. The standard InChI is InChI=1S/C18H31BN2O/c1-6-7-9-12-18(13-10-8-11-14-18)22-19(15-20)21(16(2)3)17(4)5/h16-17H,6,8,10-14H2,1-5H3. The summed E-state index contributed by atoms with van der Waals surface area (Å²) in [4.78, 5) is 2.16. The van der Waals surface area contributed by atoms with Crippen molar-refractivity contribution in [2.24, 2.45) is 0 Å². The van der Waals surface area contributed by atoms with E-state index in [0.717, 1.165) is 25.7 Å². The van der Waals surface area contributed by atoms with Crippen LogP contribution in [0.15, 0.2) is 0 Å². The van der Waals surface area contributed by atoms with Gasteiger partial charge in [-0.1, -0.05) is 53.9 Å². The van der Waals surface area contributed by atoms with Crippen LogP contribution in [0, 0.1) is 23.1 Å². The van der Waals surface area contributed by atoms with Crippen LogP contribution in [0.3, 0.4) is 0 Å². The molecule has 0 aliphatic heterocycles. The number of hydrogen-bond acceptors (Lipinski definition) is 3. The van der Waals surface area contributed by atoms with E-state index in [-0.39, 0.29) is 17.7 Å². The van der Waals surface area contributed by atoms with Crippen molar-refractivity contribution >= 4 is 7.05 Å². The van der Waals surface area contributed by atoms with E-state index in [0.29, 0.717) is 0 Å². The molecule has 1 saturated carbocycles. The van der Waals surface area contributed by atoms with E-state index in [1.54, 1.807) is 0 Å². The summed E-state index contributed by atoms with van der Waals surface area (Å²) in [6.07, 6.45) is 7.29. The maximum atomic E-state index is 9.66. The van der Waals surface area contributed by atoms with Crippen molar-refractivity contribution in [3.8, 4) is 17.8 Å². The molecule has 0 radical (unpaired) electrons. The van der Waals surface area contributed by atoms with Crippen LogP contribution in [0.2, 0.25) is 0 Å². The van der Waals surface area contributed by atoms with Gasteiger partial charge in [0.2, 0.25) is 0 Å². The maximum Gasteiger partial charge on any atom is 0.504 e. The molecule has 0 N–H and O–H groups in total. The smallest absolute Gasteiger partial charge is 0.403 e. The average Bonchev–Trinajstić information content (AvgIpc) is 2.47. The highest BCUT2D eigenvalue weighted by Crippen LogP contribution is 2.35. The van der Waals surface area contributed by atoms with Gasteiger partial charge in [0, 0.05) is 12.8 Å². The number of rotatable bonds is 6. The van der Waals surface area contributed by atoms with Gasteiger partial charge in [0.25, 0.3) is 0 Å². The average molecular weight is 302 g/mol. The second-order valence-corrected chi connectivity index (χ2v) is 6.86. The van der Waals surface area contributed by atoms with Crippen LogP contribution in [0.1, 0.15) is 79.6 Å². The van der Waals surface area contributed by atoms with Crippen LogP contribution in [0.5, 0.6) is 0 Å². The molecule has 0 amide bonds. The zero-order chi connectivity index (χ0) is 16.6. The Labute approximate surface area is 137 Å². The van der Waals surface area contributed by atoms with Gasteiger partial charge in [-0.3, -0.25) is 4.81 Å². The first kappa shape index (κ1) is 19.1. The zero-order valence-corrected chi connectivity index (χ0v) is 15.0. The Balaban J connectivity index is 2.92. The molecule has 0 aromatic heterocycles. The minimum absolute atomic E-state index is 0.233. The summed E-state index contributed by atoms with van der Waals surface area (Å²) >= 11 is 0. The van der Waals surface area contributed by atoms with Gasteiger partial charge in [-0.05, 0) is 24.9 Å². The van der Waals surface area contributed by atoms with Gasteiger partial charge in [0.05, 0.1) is 11.6 Å². The van der Waals surface area contributed by atoms with Gasteiger partial charge in [-0.25, -0.2) is 5.26 Å². The van der Waals surface area contributed by atoms with Crippen molar-refractivity contribution < 1.29 is 4.65 Å². The molecule has 0 aromatic rings. The van der Waals surface area contributed by atoms with E-state index in [2.05, 4.69) is 57.2 Å². The number of nitriles is 1. The third-order valence-electron chi connectivity index (χ3n) is 4.41. The van der Waals surface area contributed by atoms with Crippen molar-refractivity contribution in [1.82, 2.24) is 4.81 Å². The van der Waals surface area contributed by atoms with Gasteiger partial charge in [0.15, 0.2) is 0 Å². The van der Waals surface area contributed by atoms with Crippen LogP contribution in [-0.4, -0.2) is 29.5 Å². The molecule has 1 rings (SSSR count). The van der Waals surface area contributed by atoms with E-state index >= 15 is 0 Å². The monoisotopic (exact) mass is 302 g/mol. The van der Waals surface area contributed by atoms with E-state index in [1.165, 1.54) is 19.3 Å². The van der Waals surface area contributed by atoms with Crippen LogP contribution in [-0.2, 0) is 4.65 Å². The van der Waals surface area contributed by atoms with Crippen LogP contribution in [0.25, 0.3) is 0 Å². The second kappa shape index (κ2) is 9.24. The summed E-state index contributed by atoms with van der Waals surface area (Å²) < 4.78 is 6.42. The molecule has 0 heterocycles. The molecule has 4 heteroatoms. The molecule has 0 atom stereocenters. The Bertz CT molecular complexity index is 417. The predicted octanol–water partition coefficient (Wildman–Crippen LogP) is 4.18. The summed E-state index contributed by atoms with van der Waals surface area (Å²) in [5.41, 5.74) is -0.233. The first-order chi connectivity index (χ1) is 10.5. The van der Waals surface area contributed by atoms with Gasteiger partial charge >= 0.3 is 7.05 Å². The Kier molecular flexibility index (Phi) is 8.01. The lowest BCUT2D eigenvalue weighted by atomic mass is 9.74. The van der Waals surface area contributed by atoms with E-state index in [9.17, 15) is 5.26 Å².